The third-order valence-corrected chi connectivity index (χ3v) is 9.15. The highest BCUT2D eigenvalue weighted by Crippen LogP contribution is 2.34. The van der Waals surface area contributed by atoms with Gasteiger partial charge in [0.1, 0.15) is 50.6 Å². The lowest BCUT2D eigenvalue weighted by Gasteiger charge is -2.32. The molecule has 69 heavy (non-hydrogen) atoms. The molecule has 1 N–H and O–H groups in total. The molecule has 0 saturated carbocycles. The molecule has 3 aliphatic heterocycles. The maximum Gasteiger partial charge on any atom is 0.514 e. The van der Waals surface area contributed by atoms with E-state index in [0.717, 1.165) is 20.8 Å². The number of ether oxygens (including phenoxy) is 10. The van der Waals surface area contributed by atoms with Crippen LogP contribution in [0.5, 0.6) is 17.2 Å². The van der Waals surface area contributed by atoms with Crippen molar-refractivity contribution in [3.8, 4) is 17.2 Å². The summed E-state index contributed by atoms with van der Waals surface area (Å²) >= 11 is 0. The van der Waals surface area contributed by atoms with E-state index in [-0.39, 0.29) is 33.9 Å². The second-order valence-corrected chi connectivity index (χ2v) is 15.0. The van der Waals surface area contributed by atoms with E-state index in [2.05, 4.69) is 47.9 Å². The second kappa shape index (κ2) is 21.7. The standard InChI is InChI=1S/C13H11F4NO5.C13H10F4O6.C13H10F4O5.CH4/c1-5-6(14)8(16)9(17)10(7(5)15)23-11(19)18-13(2)3-21-12(20)22-4-13;1-5-6(14)8(16)9(17)10(7(5)15)22-12(19)23-13(2)3-20-11(18)21-4-13;1-5-6(14)8(16)9(17)10(7(5)15)22-11(18)13(2)3-20-12(19)21-4-13;/h3-4H2,1-2H3,(H,18,19);3-4H2,1-2H3;3-4H2,1-2H3;1H4. The number of benzene rings is 3. The van der Waals surface area contributed by atoms with Gasteiger partial charge in [-0.25, -0.2) is 63.5 Å². The molecule has 6 rings (SSSR count). The average molecular weight is 1010 g/mol. The summed E-state index contributed by atoms with van der Waals surface area (Å²) in [6.07, 6.45) is -5.90. The molecular formula is C40H35F12NO16. The number of carbonyl (C=O) groups excluding carboxylic acids is 6. The van der Waals surface area contributed by atoms with Crippen molar-refractivity contribution in [2.45, 2.75) is 60.1 Å². The predicted molar refractivity (Wildman–Crippen MR) is 198 cm³/mol. The minimum atomic E-state index is -2.01. The minimum Gasteiger partial charge on any atom is -0.433 e. The van der Waals surface area contributed by atoms with Crippen LogP contribution in [0, 0.1) is 96.0 Å². The molecule has 3 heterocycles. The molecule has 3 aromatic rings. The summed E-state index contributed by atoms with van der Waals surface area (Å²) in [6.45, 7) is 4.29. The first-order valence-electron chi connectivity index (χ1n) is 18.5. The van der Waals surface area contributed by atoms with Crippen molar-refractivity contribution >= 4 is 36.7 Å². The van der Waals surface area contributed by atoms with Crippen molar-refractivity contribution in [1.82, 2.24) is 5.32 Å². The quantitative estimate of drug-likeness (QED) is 0.0465. The molecular weight excluding hydrogens is 978 g/mol. The van der Waals surface area contributed by atoms with E-state index < -0.39 is 170 Å². The second-order valence-electron chi connectivity index (χ2n) is 15.0. The van der Waals surface area contributed by atoms with Gasteiger partial charge in [0.2, 0.25) is 34.7 Å². The number of amides is 1. The van der Waals surface area contributed by atoms with Crippen molar-refractivity contribution in [2.75, 3.05) is 39.6 Å². The Hall–Kier alpha value is -7.36. The van der Waals surface area contributed by atoms with Crippen molar-refractivity contribution in [3.63, 3.8) is 0 Å². The monoisotopic (exact) mass is 1010 g/mol. The first-order valence-corrected chi connectivity index (χ1v) is 18.5. The van der Waals surface area contributed by atoms with E-state index in [1.54, 1.807) is 0 Å². The predicted octanol–water partition coefficient (Wildman–Crippen LogP) is 8.82. The van der Waals surface area contributed by atoms with E-state index in [1.807, 2.05) is 0 Å². The lowest BCUT2D eigenvalue weighted by atomic mass is 9.92. The molecule has 0 atom stereocenters. The Morgan fingerprint density at radius 3 is 1.14 bits per heavy atom. The molecule has 3 aliphatic rings. The van der Waals surface area contributed by atoms with Crippen molar-refractivity contribution in [3.05, 3.63) is 86.5 Å². The Balaban J connectivity index is 0.000000272. The molecule has 0 spiro atoms. The van der Waals surface area contributed by atoms with Crippen molar-refractivity contribution < 1.29 is 129 Å². The van der Waals surface area contributed by atoms with Crippen LogP contribution in [0.3, 0.4) is 0 Å². The van der Waals surface area contributed by atoms with Gasteiger partial charge in [-0.05, 0) is 41.5 Å². The van der Waals surface area contributed by atoms with Gasteiger partial charge in [0.15, 0.2) is 58.0 Å². The molecule has 0 bridgehead atoms. The number of rotatable bonds is 6. The van der Waals surface area contributed by atoms with Gasteiger partial charge in [0, 0.05) is 16.7 Å². The van der Waals surface area contributed by atoms with Crippen LogP contribution in [0.2, 0.25) is 0 Å². The fourth-order valence-corrected chi connectivity index (χ4v) is 5.12. The molecule has 3 saturated heterocycles. The number of carbonyl (C=O) groups is 6. The topological polar surface area (TPSA) is 207 Å². The summed E-state index contributed by atoms with van der Waals surface area (Å²) in [5, 5.41) is 2.16. The Kier molecular flexibility index (Phi) is 17.6. The fourth-order valence-electron chi connectivity index (χ4n) is 5.12. The molecule has 0 unspecified atom stereocenters. The number of nitrogens with one attached hydrogen (secondary N) is 1. The first kappa shape index (κ1) is 56.0. The van der Waals surface area contributed by atoms with Crippen LogP contribution in [0.15, 0.2) is 0 Å². The zero-order valence-corrected chi connectivity index (χ0v) is 35.3. The first-order chi connectivity index (χ1) is 31.5. The molecule has 0 aliphatic carbocycles. The zero-order chi connectivity index (χ0) is 51.4. The summed E-state index contributed by atoms with van der Waals surface area (Å²) in [6, 6.07) is 0. The van der Waals surface area contributed by atoms with Gasteiger partial charge < -0.3 is 52.7 Å². The molecule has 0 aromatic heterocycles. The van der Waals surface area contributed by atoms with Crippen LogP contribution in [-0.2, 0) is 38.0 Å². The van der Waals surface area contributed by atoms with Gasteiger partial charge in [-0.15, -0.1) is 0 Å². The number of halogens is 12. The van der Waals surface area contributed by atoms with Gasteiger partial charge in [-0.3, -0.25) is 4.79 Å². The maximum atomic E-state index is 13.8. The van der Waals surface area contributed by atoms with Gasteiger partial charge >= 0.3 is 36.7 Å². The van der Waals surface area contributed by atoms with Crippen LogP contribution in [0.4, 0.5) is 76.7 Å². The number of esters is 1. The highest BCUT2D eigenvalue weighted by Gasteiger charge is 2.44. The van der Waals surface area contributed by atoms with E-state index in [0.29, 0.717) is 0 Å². The Morgan fingerprint density at radius 1 is 0.449 bits per heavy atom. The fraction of sp³-hybridized carbons (Fsp3) is 0.400. The lowest BCUT2D eigenvalue weighted by molar-refractivity contribution is -0.156. The maximum absolute atomic E-state index is 13.8. The summed E-state index contributed by atoms with van der Waals surface area (Å²) in [5.74, 6) is -27.1. The van der Waals surface area contributed by atoms with E-state index in [9.17, 15) is 81.5 Å². The van der Waals surface area contributed by atoms with Crippen LogP contribution in [0.1, 0.15) is 44.9 Å². The summed E-state index contributed by atoms with van der Waals surface area (Å²) in [4.78, 5) is 67.5. The van der Waals surface area contributed by atoms with Crippen LogP contribution >= 0.6 is 0 Å². The van der Waals surface area contributed by atoms with E-state index in [4.69, 9.17) is 4.74 Å². The summed E-state index contributed by atoms with van der Waals surface area (Å²) < 4.78 is 206. The molecule has 3 fully saturated rings. The lowest BCUT2D eigenvalue weighted by Crippen LogP contribution is -2.56. The number of hydrogen-bond donors (Lipinski definition) is 1. The molecule has 380 valence electrons. The smallest absolute Gasteiger partial charge is 0.433 e. The van der Waals surface area contributed by atoms with Gasteiger partial charge in [0.05, 0.1) is 0 Å². The van der Waals surface area contributed by atoms with Gasteiger partial charge in [-0.1, -0.05) is 7.43 Å². The van der Waals surface area contributed by atoms with Crippen LogP contribution < -0.4 is 19.5 Å². The van der Waals surface area contributed by atoms with Crippen LogP contribution in [0.25, 0.3) is 0 Å². The van der Waals surface area contributed by atoms with Gasteiger partial charge in [0.25, 0.3) is 0 Å². The Morgan fingerprint density at radius 2 is 0.768 bits per heavy atom. The largest absolute Gasteiger partial charge is 0.514 e. The Bertz CT molecular complexity index is 2330. The third-order valence-electron chi connectivity index (χ3n) is 9.15. The van der Waals surface area contributed by atoms with E-state index in [1.165, 1.54) is 20.8 Å². The third kappa shape index (κ3) is 12.6. The minimum absolute atomic E-state index is 0. The Labute approximate surface area is 379 Å². The van der Waals surface area contributed by atoms with E-state index >= 15 is 0 Å². The SMILES string of the molecule is C.Cc1c(F)c(F)c(F)c(OC(=O)C2(C)COC(=O)OC2)c1F.Cc1c(F)c(F)c(F)c(OC(=O)NC2(C)COC(=O)OC2)c1F.Cc1c(F)c(F)c(F)c(OC(=O)OC2(C)COC(=O)OC2)c1F. The zero-order valence-electron chi connectivity index (χ0n) is 35.3. The molecule has 1 amide bonds. The van der Waals surface area contributed by atoms with Crippen molar-refractivity contribution in [2.24, 2.45) is 5.41 Å². The van der Waals surface area contributed by atoms with Crippen LogP contribution in [-0.4, -0.2) is 87.5 Å². The number of cyclic esters (lactones) is 6. The molecule has 3 aromatic carbocycles. The highest BCUT2D eigenvalue weighted by molar-refractivity contribution is 5.80. The normalized spacial score (nSPS) is 16.2. The van der Waals surface area contributed by atoms with Gasteiger partial charge in [-0.2, -0.15) is 13.2 Å². The highest BCUT2D eigenvalue weighted by atomic mass is 19.2. The molecule has 29 heteroatoms. The number of hydrogen-bond acceptors (Lipinski definition) is 16. The summed E-state index contributed by atoms with van der Waals surface area (Å²) in [7, 11) is 0. The summed E-state index contributed by atoms with van der Waals surface area (Å²) in [5.41, 5.74) is -6.76. The van der Waals surface area contributed by atoms with Crippen molar-refractivity contribution in [1.29, 1.82) is 0 Å². The molecule has 17 nitrogen and oxygen atoms in total. The average Bonchev–Trinajstić information content (AvgIpc) is 3.30. The molecule has 0 radical (unpaired) electrons.